The summed E-state index contributed by atoms with van der Waals surface area (Å²) >= 11 is 2.83. The van der Waals surface area contributed by atoms with E-state index in [-0.39, 0.29) is 29.2 Å². The molecule has 1 aliphatic rings. The van der Waals surface area contributed by atoms with Gasteiger partial charge in [-0.15, -0.1) is 16.4 Å². The van der Waals surface area contributed by atoms with Gasteiger partial charge in [0.1, 0.15) is 6.33 Å². The zero-order valence-electron chi connectivity index (χ0n) is 15.5. The largest absolute Gasteiger partial charge is 0.333 e. The Labute approximate surface area is 177 Å². The smallest absolute Gasteiger partial charge is 0.233 e. The number of hydrogen-bond donors (Lipinski definition) is 0. The van der Waals surface area contributed by atoms with Gasteiger partial charge < -0.3 is 4.90 Å². The van der Waals surface area contributed by atoms with E-state index in [2.05, 4.69) is 10.1 Å². The highest BCUT2D eigenvalue weighted by atomic mass is 32.2. The minimum Gasteiger partial charge on any atom is -0.333 e. The van der Waals surface area contributed by atoms with Gasteiger partial charge in [-0.3, -0.25) is 4.79 Å². The first-order valence-electron chi connectivity index (χ1n) is 9.12. The van der Waals surface area contributed by atoms with Gasteiger partial charge in [-0.05, 0) is 30.0 Å². The number of rotatable bonds is 7. The molecule has 4 rings (SSSR count). The van der Waals surface area contributed by atoms with E-state index in [0.717, 1.165) is 10.6 Å². The van der Waals surface area contributed by atoms with Gasteiger partial charge in [-0.2, -0.15) is 0 Å². The molecule has 1 atom stereocenters. The van der Waals surface area contributed by atoms with E-state index >= 15 is 0 Å². The van der Waals surface area contributed by atoms with Gasteiger partial charge in [-0.1, -0.05) is 36.0 Å². The van der Waals surface area contributed by atoms with E-state index in [1.807, 2.05) is 47.8 Å². The van der Waals surface area contributed by atoms with Crippen LogP contribution >= 0.6 is 23.1 Å². The lowest BCUT2D eigenvalue weighted by molar-refractivity contribution is -0.130. The molecular formula is C19H20N4O3S3. The first-order valence-corrected chi connectivity index (χ1v) is 12.8. The maximum Gasteiger partial charge on any atom is 0.233 e. The summed E-state index contributed by atoms with van der Waals surface area (Å²) < 4.78 is 25.5. The van der Waals surface area contributed by atoms with Crippen molar-refractivity contribution in [3.8, 4) is 5.69 Å². The molecule has 29 heavy (non-hydrogen) atoms. The van der Waals surface area contributed by atoms with Crippen LogP contribution in [0.5, 0.6) is 0 Å². The molecule has 0 bridgehead atoms. The van der Waals surface area contributed by atoms with Crippen LogP contribution in [0.15, 0.2) is 59.3 Å². The number of benzene rings is 1. The summed E-state index contributed by atoms with van der Waals surface area (Å²) in [6.07, 6.45) is 2.11. The summed E-state index contributed by atoms with van der Waals surface area (Å²) in [5.74, 6) is 0.250. The van der Waals surface area contributed by atoms with Crippen LogP contribution in [0.1, 0.15) is 11.3 Å². The number of para-hydroxylation sites is 1. The molecule has 1 amide bonds. The predicted octanol–water partition coefficient (Wildman–Crippen LogP) is 2.64. The third-order valence-corrected chi connectivity index (χ3v) is 8.14. The molecule has 0 N–H and O–H groups in total. The molecule has 1 aliphatic heterocycles. The van der Waals surface area contributed by atoms with Crippen LogP contribution in [-0.2, 0) is 21.2 Å². The SMILES string of the molecule is O=C(CSc1ncn(-c2ccccc2)n1)N(Cc1cccs1)C1CCS(=O)(=O)C1. The Kier molecular flexibility index (Phi) is 6.02. The van der Waals surface area contributed by atoms with Crippen molar-refractivity contribution in [1.29, 1.82) is 0 Å². The van der Waals surface area contributed by atoms with Gasteiger partial charge in [0.25, 0.3) is 0 Å². The third kappa shape index (κ3) is 5.06. The zero-order chi connectivity index (χ0) is 20.3. The fourth-order valence-corrected chi connectivity index (χ4v) is 6.36. The lowest BCUT2D eigenvalue weighted by Crippen LogP contribution is -2.41. The second-order valence-electron chi connectivity index (χ2n) is 6.75. The predicted molar refractivity (Wildman–Crippen MR) is 114 cm³/mol. The Hall–Kier alpha value is -2.17. The van der Waals surface area contributed by atoms with Gasteiger partial charge in [0.15, 0.2) is 9.84 Å². The second kappa shape index (κ2) is 8.68. The third-order valence-electron chi connectivity index (χ3n) is 4.69. The quantitative estimate of drug-likeness (QED) is 0.517. The van der Waals surface area contributed by atoms with Crippen molar-refractivity contribution < 1.29 is 13.2 Å². The molecule has 3 heterocycles. The molecular weight excluding hydrogens is 428 g/mol. The normalized spacial score (nSPS) is 18.0. The number of carbonyl (C=O) groups is 1. The van der Waals surface area contributed by atoms with E-state index in [9.17, 15) is 13.2 Å². The molecule has 3 aromatic rings. The zero-order valence-corrected chi connectivity index (χ0v) is 18.0. The fraction of sp³-hybridized carbons (Fsp3) is 0.316. The summed E-state index contributed by atoms with van der Waals surface area (Å²) in [5.41, 5.74) is 0.897. The average Bonchev–Trinajstić information content (AvgIpc) is 3.46. The summed E-state index contributed by atoms with van der Waals surface area (Å²) in [7, 11) is -3.07. The number of nitrogens with zero attached hydrogens (tertiary/aromatic N) is 4. The lowest BCUT2D eigenvalue weighted by atomic mass is 10.2. The Balaban J connectivity index is 1.43. The van der Waals surface area contributed by atoms with Crippen LogP contribution in [0.4, 0.5) is 0 Å². The number of thiophene rings is 1. The molecule has 0 radical (unpaired) electrons. The molecule has 2 aromatic heterocycles. The number of carbonyl (C=O) groups excluding carboxylic acids is 1. The number of thioether (sulfide) groups is 1. The fourth-order valence-electron chi connectivity index (χ4n) is 3.24. The minimum absolute atomic E-state index is 0.0374. The Bertz CT molecular complexity index is 1070. The van der Waals surface area contributed by atoms with E-state index in [4.69, 9.17) is 0 Å². The van der Waals surface area contributed by atoms with E-state index in [1.165, 1.54) is 11.8 Å². The number of hydrogen-bond acceptors (Lipinski definition) is 7. The van der Waals surface area contributed by atoms with Crippen molar-refractivity contribution in [2.45, 2.75) is 24.2 Å². The maximum atomic E-state index is 13.0. The highest BCUT2D eigenvalue weighted by molar-refractivity contribution is 7.99. The second-order valence-corrected chi connectivity index (χ2v) is 11.0. The lowest BCUT2D eigenvalue weighted by Gasteiger charge is -2.27. The van der Waals surface area contributed by atoms with Gasteiger partial charge in [0.05, 0.1) is 29.5 Å². The van der Waals surface area contributed by atoms with Gasteiger partial charge >= 0.3 is 0 Å². The van der Waals surface area contributed by atoms with Crippen LogP contribution in [0.3, 0.4) is 0 Å². The topological polar surface area (TPSA) is 85.2 Å². The van der Waals surface area contributed by atoms with E-state index in [0.29, 0.717) is 18.1 Å². The van der Waals surface area contributed by atoms with Gasteiger partial charge in [-0.25, -0.2) is 18.1 Å². The van der Waals surface area contributed by atoms with Crippen LogP contribution in [0.25, 0.3) is 5.69 Å². The van der Waals surface area contributed by atoms with E-state index < -0.39 is 9.84 Å². The number of amides is 1. The molecule has 1 aromatic carbocycles. The monoisotopic (exact) mass is 448 g/mol. The van der Waals surface area contributed by atoms with Crippen LogP contribution in [-0.4, -0.2) is 57.3 Å². The first kappa shape index (κ1) is 20.1. The molecule has 1 unspecified atom stereocenters. The molecule has 1 saturated heterocycles. The molecule has 152 valence electrons. The van der Waals surface area contributed by atoms with Crippen LogP contribution in [0.2, 0.25) is 0 Å². The van der Waals surface area contributed by atoms with Crippen molar-refractivity contribution >= 4 is 38.8 Å². The number of aromatic nitrogens is 3. The van der Waals surface area contributed by atoms with Crippen molar-refractivity contribution in [2.75, 3.05) is 17.3 Å². The maximum absolute atomic E-state index is 13.0. The standard InChI is InChI=1S/C19H20N4O3S3/c24-18(12-28-19-20-14-23(21-19)15-5-2-1-3-6-15)22(11-17-7-4-9-27-17)16-8-10-29(25,26)13-16/h1-7,9,14,16H,8,10-13H2. The molecule has 0 saturated carbocycles. The molecule has 0 spiro atoms. The molecule has 0 aliphatic carbocycles. The average molecular weight is 449 g/mol. The molecule has 1 fully saturated rings. The summed E-state index contributed by atoms with van der Waals surface area (Å²) in [4.78, 5) is 20.0. The van der Waals surface area contributed by atoms with Crippen molar-refractivity contribution in [3.05, 3.63) is 59.0 Å². The Morgan fingerprint density at radius 1 is 1.24 bits per heavy atom. The van der Waals surface area contributed by atoms with Crippen molar-refractivity contribution in [1.82, 2.24) is 19.7 Å². The van der Waals surface area contributed by atoms with Gasteiger partial charge in [0.2, 0.25) is 11.1 Å². The highest BCUT2D eigenvalue weighted by Crippen LogP contribution is 2.24. The van der Waals surface area contributed by atoms with Crippen molar-refractivity contribution in [3.63, 3.8) is 0 Å². The number of sulfone groups is 1. The van der Waals surface area contributed by atoms with Gasteiger partial charge in [0, 0.05) is 10.9 Å². The summed E-state index contributed by atoms with van der Waals surface area (Å²) in [5, 5.41) is 6.88. The summed E-state index contributed by atoms with van der Waals surface area (Å²) in [6, 6.07) is 13.3. The molecule has 10 heteroatoms. The molecule has 7 nitrogen and oxygen atoms in total. The highest BCUT2D eigenvalue weighted by Gasteiger charge is 2.34. The van der Waals surface area contributed by atoms with E-state index in [1.54, 1.807) is 27.2 Å². The first-order chi connectivity index (χ1) is 14.0. The Morgan fingerprint density at radius 3 is 2.76 bits per heavy atom. The summed E-state index contributed by atoms with van der Waals surface area (Å²) in [6.45, 7) is 0.434. The Morgan fingerprint density at radius 2 is 2.07 bits per heavy atom. The van der Waals surface area contributed by atoms with Crippen LogP contribution in [0, 0.1) is 0 Å². The van der Waals surface area contributed by atoms with Crippen molar-refractivity contribution in [2.24, 2.45) is 0 Å². The minimum atomic E-state index is -3.07. The van der Waals surface area contributed by atoms with Crippen LogP contribution < -0.4 is 0 Å².